The zero-order valence-corrected chi connectivity index (χ0v) is 19.4. The Kier molecular flexibility index (Phi) is 6.65. The van der Waals surface area contributed by atoms with Gasteiger partial charge in [-0.15, -0.1) is 0 Å². The fourth-order valence-electron chi connectivity index (χ4n) is 4.06. The van der Waals surface area contributed by atoms with Crippen LogP contribution in [0.5, 0.6) is 0 Å². The van der Waals surface area contributed by atoms with Gasteiger partial charge < -0.3 is 31.4 Å². The van der Waals surface area contributed by atoms with Crippen LogP contribution in [-0.2, 0) is 4.74 Å². The van der Waals surface area contributed by atoms with Crippen LogP contribution >= 0.6 is 0 Å². The van der Waals surface area contributed by atoms with Gasteiger partial charge in [-0.3, -0.25) is 4.79 Å². The minimum Gasteiger partial charge on any atom is -0.378 e. The standard InChI is InChI=1S/C25H29N7O2/c1-15(12-17(3)29-25(26)27)20-14-18-6-7-28-24(33)22(18)23(31-20)30-19-4-5-21(16(2)13-19)32-8-10-34-11-9-32/h4-7,12-14H,1,8-11H2,2-3H3,(H,28,33)(H,30,31)(H4,26,27,29)/b17-12-. The van der Waals surface area contributed by atoms with Crippen molar-refractivity contribution in [2.24, 2.45) is 16.5 Å². The van der Waals surface area contributed by atoms with Crippen LogP contribution in [0.2, 0.25) is 0 Å². The molecule has 1 aromatic carbocycles. The molecule has 3 aromatic rings. The molecule has 1 aliphatic rings. The Labute approximate surface area is 197 Å². The number of anilines is 3. The van der Waals surface area contributed by atoms with Crippen molar-refractivity contribution in [3.8, 4) is 0 Å². The lowest BCUT2D eigenvalue weighted by atomic mass is 10.1. The zero-order chi connectivity index (χ0) is 24.2. The molecule has 34 heavy (non-hydrogen) atoms. The monoisotopic (exact) mass is 459 g/mol. The average molecular weight is 460 g/mol. The molecule has 4 rings (SSSR count). The predicted octanol–water partition coefficient (Wildman–Crippen LogP) is 3.00. The molecule has 6 N–H and O–H groups in total. The second kappa shape index (κ2) is 9.80. The summed E-state index contributed by atoms with van der Waals surface area (Å²) in [5.41, 5.74) is 15.7. The van der Waals surface area contributed by atoms with Crippen molar-refractivity contribution in [1.29, 1.82) is 0 Å². The van der Waals surface area contributed by atoms with Gasteiger partial charge in [-0.25, -0.2) is 9.98 Å². The van der Waals surface area contributed by atoms with Crippen LogP contribution in [0.1, 0.15) is 18.2 Å². The van der Waals surface area contributed by atoms with E-state index in [0.29, 0.717) is 28.2 Å². The van der Waals surface area contributed by atoms with Gasteiger partial charge in [0.1, 0.15) is 5.82 Å². The Morgan fingerprint density at radius 1 is 1.26 bits per heavy atom. The van der Waals surface area contributed by atoms with Crippen molar-refractivity contribution in [2.75, 3.05) is 36.5 Å². The van der Waals surface area contributed by atoms with Crippen molar-refractivity contribution in [3.05, 3.63) is 76.5 Å². The van der Waals surface area contributed by atoms with E-state index in [0.717, 1.165) is 42.9 Å². The zero-order valence-electron chi connectivity index (χ0n) is 19.4. The highest BCUT2D eigenvalue weighted by atomic mass is 16.5. The van der Waals surface area contributed by atoms with Crippen molar-refractivity contribution in [3.63, 3.8) is 0 Å². The summed E-state index contributed by atoms with van der Waals surface area (Å²) >= 11 is 0. The minimum absolute atomic E-state index is 0.0298. The van der Waals surface area contributed by atoms with Gasteiger partial charge in [-0.05, 0) is 66.8 Å². The number of aromatic amines is 1. The third-order valence-electron chi connectivity index (χ3n) is 5.58. The molecule has 1 aliphatic heterocycles. The summed E-state index contributed by atoms with van der Waals surface area (Å²) in [7, 11) is 0. The van der Waals surface area contributed by atoms with Gasteiger partial charge in [0.25, 0.3) is 5.56 Å². The number of hydrogen-bond acceptors (Lipinski definition) is 6. The molecule has 1 fully saturated rings. The van der Waals surface area contributed by atoms with Crippen LogP contribution in [0, 0.1) is 6.92 Å². The quantitative estimate of drug-likeness (QED) is 0.253. The Balaban J connectivity index is 1.71. The average Bonchev–Trinajstić information content (AvgIpc) is 2.79. The highest BCUT2D eigenvalue weighted by Gasteiger charge is 2.15. The Morgan fingerprint density at radius 2 is 2.03 bits per heavy atom. The summed E-state index contributed by atoms with van der Waals surface area (Å²) in [6, 6.07) is 9.79. The number of nitrogens with two attached hydrogens (primary N) is 2. The molecule has 0 amide bonds. The summed E-state index contributed by atoms with van der Waals surface area (Å²) in [5.74, 6) is 0.416. The van der Waals surface area contributed by atoms with E-state index >= 15 is 0 Å². The number of ether oxygens (including phenoxy) is 1. The van der Waals surface area contributed by atoms with Crippen LogP contribution in [0.4, 0.5) is 17.2 Å². The lowest BCUT2D eigenvalue weighted by Gasteiger charge is -2.30. The van der Waals surface area contributed by atoms with E-state index in [4.69, 9.17) is 21.2 Å². The molecular formula is C25H29N7O2. The highest BCUT2D eigenvalue weighted by molar-refractivity contribution is 5.95. The molecule has 0 spiro atoms. The topological polar surface area (TPSA) is 135 Å². The van der Waals surface area contributed by atoms with Gasteiger partial charge in [0.2, 0.25) is 0 Å². The number of pyridine rings is 2. The Bertz CT molecular complexity index is 1350. The van der Waals surface area contributed by atoms with Crippen LogP contribution in [-0.4, -0.2) is 42.2 Å². The van der Waals surface area contributed by atoms with Gasteiger partial charge in [-0.2, -0.15) is 0 Å². The fraction of sp³-hybridized carbons (Fsp3) is 0.240. The fourth-order valence-corrected chi connectivity index (χ4v) is 4.06. The third-order valence-corrected chi connectivity index (χ3v) is 5.58. The number of allylic oxidation sites excluding steroid dienone is 3. The largest absolute Gasteiger partial charge is 0.378 e. The maximum absolute atomic E-state index is 12.7. The number of aromatic nitrogens is 2. The molecule has 0 saturated carbocycles. The first-order chi connectivity index (χ1) is 16.3. The number of guanidine groups is 1. The molecule has 1 saturated heterocycles. The smallest absolute Gasteiger partial charge is 0.259 e. The van der Waals surface area contributed by atoms with E-state index in [-0.39, 0.29) is 11.5 Å². The normalized spacial score (nSPS) is 14.2. The van der Waals surface area contributed by atoms with Gasteiger partial charge in [0.15, 0.2) is 5.96 Å². The molecule has 2 aromatic heterocycles. The molecule has 3 heterocycles. The highest BCUT2D eigenvalue weighted by Crippen LogP contribution is 2.29. The van der Waals surface area contributed by atoms with E-state index in [9.17, 15) is 4.79 Å². The first-order valence-corrected chi connectivity index (χ1v) is 11.0. The van der Waals surface area contributed by atoms with Crippen LogP contribution < -0.4 is 27.2 Å². The molecule has 9 heteroatoms. The first-order valence-electron chi connectivity index (χ1n) is 11.0. The maximum Gasteiger partial charge on any atom is 0.259 e. The molecule has 0 bridgehead atoms. The summed E-state index contributed by atoms with van der Waals surface area (Å²) in [4.78, 5) is 26.5. The van der Waals surface area contributed by atoms with Crippen LogP contribution in [0.25, 0.3) is 16.3 Å². The molecule has 0 unspecified atom stereocenters. The number of benzene rings is 1. The van der Waals surface area contributed by atoms with Gasteiger partial charge >= 0.3 is 0 Å². The van der Waals surface area contributed by atoms with Crippen LogP contribution in [0.3, 0.4) is 0 Å². The first kappa shape index (κ1) is 23.1. The number of rotatable bonds is 6. The number of hydrogen-bond donors (Lipinski definition) is 4. The van der Waals surface area contributed by atoms with E-state index in [1.807, 2.05) is 18.2 Å². The van der Waals surface area contributed by atoms with E-state index in [2.05, 4.69) is 45.8 Å². The summed E-state index contributed by atoms with van der Waals surface area (Å²) in [5, 5.41) is 4.55. The van der Waals surface area contributed by atoms with Crippen molar-refractivity contribution < 1.29 is 4.74 Å². The number of aliphatic imine (C=N–C) groups is 1. The van der Waals surface area contributed by atoms with Crippen molar-refractivity contribution in [2.45, 2.75) is 13.8 Å². The van der Waals surface area contributed by atoms with E-state index in [1.165, 1.54) is 5.69 Å². The summed E-state index contributed by atoms with van der Waals surface area (Å²) in [6.45, 7) is 11.1. The SMILES string of the molecule is C=C(/C=C(/C)N=C(N)N)c1cc2cc[nH]c(=O)c2c(Nc2ccc(N3CCOCC3)c(C)c2)n1. The number of H-pyrrole nitrogens is 1. The van der Waals surface area contributed by atoms with Crippen molar-refractivity contribution >= 4 is 39.5 Å². The number of fused-ring (bicyclic) bond motifs is 1. The number of aryl methyl sites for hydroxylation is 1. The predicted molar refractivity (Wildman–Crippen MR) is 138 cm³/mol. The lowest BCUT2D eigenvalue weighted by Crippen LogP contribution is -2.36. The molecule has 9 nitrogen and oxygen atoms in total. The summed E-state index contributed by atoms with van der Waals surface area (Å²) < 4.78 is 5.46. The van der Waals surface area contributed by atoms with Crippen molar-refractivity contribution in [1.82, 2.24) is 9.97 Å². The molecule has 176 valence electrons. The molecular weight excluding hydrogens is 430 g/mol. The molecule has 0 radical (unpaired) electrons. The number of nitrogens with zero attached hydrogens (tertiary/aromatic N) is 3. The summed E-state index contributed by atoms with van der Waals surface area (Å²) in [6.07, 6.45) is 3.36. The number of morpholine rings is 1. The van der Waals surface area contributed by atoms with Gasteiger partial charge in [0, 0.05) is 36.4 Å². The minimum atomic E-state index is -0.224. The lowest BCUT2D eigenvalue weighted by molar-refractivity contribution is 0.122. The van der Waals surface area contributed by atoms with E-state index < -0.39 is 0 Å². The van der Waals surface area contributed by atoms with E-state index in [1.54, 1.807) is 19.2 Å². The van der Waals surface area contributed by atoms with Gasteiger partial charge in [-0.1, -0.05) is 6.58 Å². The second-order valence-electron chi connectivity index (χ2n) is 8.20. The maximum atomic E-state index is 12.7. The Morgan fingerprint density at radius 3 is 2.74 bits per heavy atom. The second-order valence-corrected chi connectivity index (χ2v) is 8.20. The molecule has 0 aliphatic carbocycles. The number of nitrogens with one attached hydrogen (secondary N) is 2. The molecule has 0 atom stereocenters. The van der Waals surface area contributed by atoms with Gasteiger partial charge in [0.05, 0.1) is 24.3 Å². The third kappa shape index (κ3) is 5.10. The Hall–Kier alpha value is -4.11. The van der Waals surface area contributed by atoms with Crippen LogP contribution in [0.15, 0.2) is 64.7 Å².